The molecule has 0 aliphatic heterocycles. The van der Waals surface area contributed by atoms with Crippen LogP contribution in [0.4, 0.5) is 5.82 Å². The highest BCUT2D eigenvalue weighted by Crippen LogP contribution is 2.23. The number of anilines is 1. The lowest BCUT2D eigenvalue weighted by Crippen LogP contribution is -2.36. The lowest BCUT2D eigenvalue weighted by Gasteiger charge is -2.23. The van der Waals surface area contributed by atoms with Gasteiger partial charge in [-0.2, -0.15) is 0 Å². The molecular formula is C22H24N4O. The van der Waals surface area contributed by atoms with E-state index in [4.69, 9.17) is 0 Å². The number of carbonyl (C=O) groups is 1. The third-order valence-electron chi connectivity index (χ3n) is 5.10. The largest absolute Gasteiger partial charge is 0.366 e. The predicted octanol–water partition coefficient (Wildman–Crippen LogP) is 4.30. The molecule has 138 valence electrons. The molecule has 4 rings (SSSR count). The summed E-state index contributed by atoms with van der Waals surface area (Å²) in [6.45, 7) is 0.614. The number of fused-ring (bicyclic) bond motifs is 1. The third kappa shape index (κ3) is 4.25. The second-order valence-corrected chi connectivity index (χ2v) is 7.10. The molecule has 1 saturated carbocycles. The summed E-state index contributed by atoms with van der Waals surface area (Å²) < 4.78 is 0. The van der Waals surface area contributed by atoms with Crippen LogP contribution in [0, 0.1) is 0 Å². The Balaban J connectivity index is 1.58. The quantitative estimate of drug-likeness (QED) is 0.712. The number of nitrogens with one attached hydrogen (secondary N) is 2. The van der Waals surface area contributed by atoms with Crippen LogP contribution >= 0.6 is 0 Å². The van der Waals surface area contributed by atoms with Crippen LogP contribution in [0.2, 0.25) is 0 Å². The molecule has 0 spiro atoms. The van der Waals surface area contributed by atoms with Crippen molar-refractivity contribution in [3.05, 3.63) is 66.0 Å². The van der Waals surface area contributed by atoms with Gasteiger partial charge in [0.15, 0.2) is 0 Å². The molecule has 1 amide bonds. The van der Waals surface area contributed by atoms with Gasteiger partial charge >= 0.3 is 0 Å². The molecule has 0 saturated heterocycles. The van der Waals surface area contributed by atoms with Crippen molar-refractivity contribution in [1.82, 2.24) is 15.3 Å². The summed E-state index contributed by atoms with van der Waals surface area (Å²) in [6, 6.07) is 13.9. The third-order valence-corrected chi connectivity index (χ3v) is 5.10. The van der Waals surface area contributed by atoms with Crippen molar-refractivity contribution in [2.45, 2.75) is 44.7 Å². The highest BCUT2D eigenvalue weighted by molar-refractivity contribution is 6.07. The molecule has 0 bridgehead atoms. The van der Waals surface area contributed by atoms with Crippen LogP contribution in [0.25, 0.3) is 10.9 Å². The van der Waals surface area contributed by atoms with Gasteiger partial charge in [0.2, 0.25) is 0 Å². The van der Waals surface area contributed by atoms with Crippen molar-refractivity contribution in [1.29, 1.82) is 0 Å². The van der Waals surface area contributed by atoms with Crippen molar-refractivity contribution >= 4 is 22.6 Å². The zero-order valence-electron chi connectivity index (χ0n) is 15.3. The van der Waals surface area contributed by atoms with Gasteiger partial charge in [0.25, 0.3) is 5.91 Å². The predicted molar refractivity (Wildman–Crippen MR) is 108 cm³/mol. The minimum Gasteiger partial charge on any atom is -0.366 e. The molecule has 1 aliphatic carbocycles. The molecule has 5 nitrogen and oxygen atoms in total. The van der Waals surface area contributed by atoms with Gasteiger partial charge in [-0.15, -0.1) is 0 Å². The Labute approximate surface area is 159 Å². The van der Waals surface area contributed by atoms with E-state index in [9.17, 15) is 4.79 Å². The van der Waals surface area contributed by atoms with Gasteiger partial charge in [-0.25, -0.2) is 4.98 Å². The normalized spacial score (nSPS) is 14.8. The van der Waals surface area contributed by atoms with E-state index in [1.807, 2.05) is 48.7 Å². The van der Waals surface area contributed by atoms with Gasteiger partial charge in [0, 0.05) is 30.4 Å². The Morgan fingerprint density at radius 2 is 1.93 bits per heavy atom. The molecule has 0 radical (unpaired) electrons. The van der Waals surface area contributed by atoms with Gasteiger partial charge in [0.05, 0.1) is 11.1 Å². The lowest BCUT2D eigenvalue weighted by atomic mass is 9.95. The number of hydrogen-bond acceptors (Lipinski definition) is 4. The topological polar surface area (TPSA) is 66.9 Å². The average molecular weight is 360 g/mol. The zero-order valence-corrected chi connectivity index (χ0v) is 15.3. The first-order valence-corrected chi connectivity index (χ1v) is 9.63. The molecule has 1 aromatic carbocycles. The second-order valence-electron chi connectivity index (χ2n) is 7.10. The van der Waals surface area contributed by atoms with Gasteiger partial charge in [-0.05, 0) is 36.6 Å². The lowest BCUT2D eigenvalue weighted by molar-refractivity contribution is 0.0929. The van der Waals surface area contributed by atoms with E-state index in [0.29, 0.717) is 17.9 Å². The van der Waals surface area contributed by atoms with Gasteiger partial charge in [-0.1, -0.05) is 43.5 Å². The van der Waals surface area contributed by atoms with E-state index < -0.39 is 0 Å². The monoisotopic (exact) mass is 360 g/mol. The molecule has 1 aliphatic rings. The summed E-state index contributed by atoms with van der Waals surface area (Å²) in [5.41, 5.74) is 2.57. The molecule has 3 aromatic rings. The van der Waals surface area contributed by atoms with Gasteiger partial charge in [-0.3, -0.25) is 9.78 Å². The number of benzene rings is 1. The standard InChI is InChI=1S/C22H24N4O/c27-22(25-17-8-2-1-3-9-17)19-13-21(24-15-16-7-6-12-23-14-16)26-20-11-5-4-10-18(19)20/h4-7,10-14,17H,1-3,8-9,15H2,(H,24,26)(H,25,27). The molecule has 5 heteroatoms. The molecule has 0 atom stereocenters. The van der Waals surface area contributed by atoms with Gasteiger partial charge < -0.3 is 10.6 Å². The van der Waals surface area contributed by atoms with Crippen molar-refractivity contribution in [2.75, 3.05) is 5.32 Å². The van der Waals surface area contributed by atoms with Crippen LogP contribution in [0.3, 0.4) is 0 Å². The summed E-state index contributed by atoms with van der Waals surface area (Å²) in [4.78, 5) is 21.8. The number of carbonyl (C=O) groups excluding carboxylic acids is 1. The van der Waals surface area contributed by atoms with Crippen molar-refractivity contribution in [3.63, 3.8) is 0 Å². The highest BCUT2D eigenvalue weighted by atomic mass is 16.1. The second kappa shape index (κ2) is 8.16. The summed E-state index contributed by atoms with van der Waals surface area (Å²) in [5.74, 6) is 0.691. The number of pyridine rings is 2. The van der Waals surface area contributed by atoms with E-state index in [1.165, 1.54) is 19.3 Å². The Morgan fingerprint density at radius 1 is 1.07 bits per heavy atom. The van der Waals surface area contributed by atoms with E-state index in [1.54, 1.807) is 6.20 Å². The summed E-state index contributed by atoms with van der Waals surface area (Å²) >= 11 is 0. The minimum absolute atomic E-state index is 0.00933. The first-order valence-electron chi connectivity index (χ1n) is 9.63. The van der Waals surface area contributed by atoms with E-state index in [0.717, 1.165) is 29.3 Å². The van der Waals surface area contributed by atoms with Crippen LogP contribution in [-0.4, -0.2) is 21.9 Å². The number of hydrogen-bond donors (Lipinski definition) is 2. The number of nitrogens with zero attached hydrogens (tertiary/aromatic N) is 2. The summed E-state index contributed by atoms with van der Waals surface area (Å²) in [7, 11) is 0. The Morgan fingerprint density at radius 3 is 2.74 bits per heavy atom. The maximum atomic E-state index is 13.0. The SMILES string of the molecule is O=C(NC1CCCCC1)c1cc(NCc2cccnc2)nc2ccccc12. The van der Waals surface area contributed by atoms with Crippen LogP contribution in [0.15, 0.2) is 54.9 Å². The van der Waals surface area contributed by atoms with Crippen LogP contribution in [-0.2, 0) is 6.54 Å². The first kappa shape index (κ1) is 17.5. The summed E-state index contributed by atoms with van der Waals surface area (Å²) in [5, 5.41) is 7.43. The van der Waals surface area contributed by atoms with Crippen LogP contribution < -0.4 is 10.6 Å². The zero-order chi connectivity index (χ0) is 18.5. The van der Waals surface area contributed by atoms with Crippen LogP contribution in [0.1, 0.15) is 48.0 Å². The minimum atomic E-state index is -0.00933. The fraction of sp³-hybridized carbons (Fsp3) is 0.318. The van der Waals surface area contributed by atoms with Gasteiger partial charge in [0.1, 0.15) is 5.82 Å². The van der Waals surface area contributed by atoms with E-state index in [-0.39, 0.29) is 11.9 Å². The van der Waals surface area contributed by atoms with E-state index in [2.05, 4.69) is 20.6 Å². The number of amides is 1. The fourth-order valence-electron chi connectivity index (χ4n) is 3.66. The summed E-state index contributed by atoms with van der Waals surface area (Å²) in [6.07, 6.45) is 9.38. The maximum Gasteiger partial charge on any atom is 0.252 e. The molecule has 1 fully saturated rings. The van der Waals surface area contributed by atoms with Crippen molar-refractivity contribution < 1.29 is 4.79 Å². The number of rotatable bonds is 5. The Kier molecular flexibility index (Phi) is 5.28. The number of para-hydroxylation sites is 1. The van der Waals surface area contributed by atoms with Crippen LogP contribution in [0.5, 0.6) is 0 Å². The molecule has 2 N–H and O–H groups in total. The molecule has 0 unspecified atom stereocenters. The molecule has 2 aromatic heterocycles. The highest BCUT2D eigenvalue weighted by Gasteiger charge is 2.19. The number of aromatic nitrogens is 2. The average Bonchev–Trinajstić information content (AvgIpc) is 2.73. The fourth-order valence-corrected chi connectivity index (χ4v) is 3.66. The smallest absolute Gasteiger partial charge is 0.252 e. The molecule has 27 heavy (non-hydrogen) atoms. The van der Waals surface area contributed by atoms with Crippen molar-refractivity contribution in [2.24, 2.45) is 0 Å². The molecular weight excluding hydrogens is 336 g/mol. The molecule has 2 heterocycles. The van der Waals surface area contributed by atoms with Crippen molar-refractivity contribution in [3.8, 4) is 0 Å². The first-order chi connectivity index (χ1) is 13.3. The maximum absolute atomic E-state index is 13.0. The van der Waals surface area contributed by atoms with E-state index >= 15 is 0 Å². The Hall–Kier alpha value is -2.95. The Bertz CT molecular complexity index is 920.